The van der Waals surface area contributed by atoms with E-state index in [0.717, 1.165) is 6.42 Å². The number of imidazole rings is 1. The molecule has 1 unspecified atom stereocenters. The Morgan fingerprint density at radius 2 is 2.23 bits per heavy atom. The Morgan fingerprint density at radius 3 is 2.77 bits per heavy atom. The van der Waals surface area contributed by atoms with Crippen LogP contribution < -0.4 is 21.5 Å². The summed E-state index contributed by atoms with van der Waals surface area (Å²) in [6.07, 6.45) is 2.61. The predicted molar refractivity (Wildman–Crippen MR) is 116 cm³/mol. The van der Waals surface area contributed by atoms with Crippen LogP contribution >= 0.6 is 0 Å². The summed E-state index contributed by atoms with van der Waals surface area (Å²) in [6.45, 7) is 4.54. The number of carboxylic acid groups (broad SMARTS) is 1. The lowest BCUT2D eigenvalue weighted by molar-refractivity contribution is -0.135. The van der Waals surface area contributed by atoms with Crippen LogP contribution in [0.25, 0.3) is 5.70 Å². The molecule has 12 nitrogen and oxygen atoms in total. The second-order valence-corrected chi connectivity index (χ2v) is 6.78. The molecular weight excluding hydrogens is 406 g/mol. The molecule has 1 aromatic rings. The quantitative estimate of drug-likeness (QED) is 0.178. The molecule has 1 amide bonds. The van der Waals surface area contributed by atoms with Crippen LogP contribution in [0.15, 0.2) is 22.3 Å². The summed E-state index contributed by atoms with van der Waals surface area (Å²) in [7, 11) is 3.01. The van der Waals surface area contributed by atoms with Crippen molar-refractivity contribution in [1.29, 1.82) is 0 Å². The lowest BCUT2D eigenvalue weighted by Gasteiger charge is -2.16. The van der Waals surface area contributed by atoms with Gasteiger partial charge in [0.25, 0.3) is 11.8 Å². The molecule has 1 saturated heterocycles. The summed E-state index contributed by atoms with van der Waals surface area (Å²) < 4.78 is 10.5. The van der Waals surface area contributed by atoms with Crippen molar-refractivity contribution < 1.29 is 24.2 Å². The summed E-state index contributed by atoms with van der Waals surface area (Å²) in [4.78, 5) is 36.4. The fraction of sp³-hybridized carbons (Fsp3) is 0.474. The first kappa shape index (κ1) is 23.9. The molecule has 0 spiro atoms. The van der Waals surface area contributed by atoms with E-state index in [0.29, 0.717) is 30.8 Å². The maximum Gasteiger partial charge on any atom is 0.322 e. The van der Waals surface area contributed by atoms with Crippen LogP contribution in [0.5, 0.6) is 5.88 Å². The minimum absolute atomic E-state index is 0.00601. The van der Waals surface area contributed by atoms with Crippen LogP contribution in [0.4, 0.5) is 5.82 Å². The van der Waals surface area contributed by atoms with Gasteiger partial charge in [-0.05, 0) is 37.8 Å². The molecule has 0 bridgehead atoms. The molecular formula is C19H29N7O5. The minimum Gasteiger partial charge on any atom is -0.480 e. The number of aliphatic carboxylic acids is 1. The Balaban J connectivity index is 2.37. The predicted octanol–water partition coefficient (Wildman–Crippen LogP) is -0.235. The van der Waals surface area contributed by atoms with Crippen molar-refractivity contribution in [3.63, 3.8) is 0 Å². The number of rotatable bonds is 11. The van der Waals surface area contributed by atoms with E-state index in [1.165, 1.54) is 13.2 Å². The summed E-state index contributed by atoms with van der Waals surface area (Å²) in [5.41, 5.74) is 12.7. The Hall–Kier alpha value is -3.38. The number of amides is 1. The SMILES string of the molecule is C=N/C(=C(\C=C(/N)C(=O)N1CCC(OC)C1)CCN)c1nc(OC)c(NCC(=O)O)[nH]1. The number of carboxylic acids is 1. The minimum atomic E-state index is -1.05. The Kier molecular flexibility index (Phi) is 8.58. The third kappa shape index (κ3) is 6.06. The number of anilines is 1. The van der Waals surface area contributed by atoms with Gasteiger partial charge in [-0.1, -0.05) is 0 Å². The number of likely N-dealkylation sites (tertiary alicyclic amines) is 1. The molecule has 0 aliphatic carbocycles. The summed E-state index contributed by atoms with van der Waals surface area (Å²) >= 11 is 0. The molecule has 1 aliphatic heterocycles. The second kappa shape index (κ2) is 11.1. The molecule has 0 aromatic carbocycles. The zero-order valence-electron chi connectivity index (χ0n) is 17.7. The number of hydrogen-bond donors (Lipinski definition) is 5. The number of nitrogens with two attached hydrogens (primary N) is 2. The van der Waals surface area contributed by atoms with Crippen LogP contribution in [0.2, 0.25) is 0 Å². The molecule has 0 radical (unpaired) electrons. The fourth-order valence-corrected chi connectivity index (χ4v) is 3.18. The maximum atomic E-state index is 12.7. The van der Waals surface area contributed by atoms with Gasteiger partial charge in [-0.3, -0.25) is 14.6 Å². The molecule has 170 valence electrons. The van der Waals surface area contributed by atoms with Gasteiger partial charge in [0.2, 0.25) is 0 Å². The number of carbonyl (C=O) groups is 2. The Bertz CT molecular complexity index is 877. The van der Waals surface area contributed by atoms with Crippen LogP contribution in [0.3, 0.4) is 0 Å². The van der Waals surface area contributed by atoms with Crippen LogP contribution in [0.1, 0.15) is 18.7 Å². The number of allylic oxidation sites excluding steroid dienone is 1. The average Bonchev–Trinajstić information content (AvgIpc) is 3.39. The van der Waals surface area contributed by atoms with E-state index in [9.17, 15) is 9.59 Å². The molecule has 2 rings (SSSR count). The first-order chi connectivity index (χ1) is 14.8. The number of aromatic nitrogens is 2. The number of nitrogens with zero attached hydrogens (tertiary/aromatic N) is 3. The van der Waals surface area contributed by atoms with Gasteiger partial charge >= 0.3 is 5.97 Å². The number of methoxy groups -OCH3 is 2. The van der Waals surface area contributed by atoms with E-state index >= 15 is 0 Å². The first-order valence-electron chi connectivity index (χ1n) is 9.63. The number of ether oxygens (including phenoxy) is 2. The normalized spacial score (nSPS) is 17.3. The van der Waals surface area contributed by atoms with Gasteiger partial charge in [0.1, 0.15) is 12.2 Å². The van der Waals surface area contributed by atoms with Gasteiger partial charge in [0.15, 0.2) is 11.6 Å². The summed E-state index contributed by atoms with van der Waals surface area (Å²) in [5, 5.41) is 11.6. The molecule has 7 N–H and O–H groups in total. The summed E-state index contributed by atoms with van der Waals surface area (Å²) in [5.74, 6) is -0.672. The Morgan fingerprint density at radius 1 is 1.48 bits per heavy atom. The van der Waals surface area contributed by atoms with E-state index in [2.05, 4.69) is 27.0 Å². The average molecular weight is 435 g/mol. The number of aliphatic imine (C=N–C) groups is 1. The number of carbonyl (C=O) groups excluding carboxylic acids is 1. The van der Waals surface area contributed by atoms with E-state index in [1.807, 2.05) is 0 Å². The smallest absolute Gasteiger partial charge is 0.322 e. The van der Waals surface area contributed by atoms with Gasteiger partial charge in [0, 0.05) is 20.2 Å². The van der Waals surface area contributed by atoms with Crippen molar-refractivity contribution in [2.24, 2.45) is 16.5 Å². The molecule has 12 heteroatoms. The lowest BCUT2D eigenvalue weighted by atomic mass is 10.1. The second-order valence-electron chi connectivity index (χ2n) is 6.78. The third-order valence-electron chi connectivity index (χ3n) is 4.72. The number of hydrogen-bond acceptors (Lipinski definition) is 9. The van der Waals surface area contributed by atoms with E-state index in [4.69, 9.17) is 26.0 Å². The lowest BCUT2D eigenvalue weighted by Crippen LogP contribution is -2.33. The van der Waals surface area contributed by atoms with Gasteiger partial charge in [0.05, 0.1) is 18.9 Å². The topological polar surface area (TPSA) is 181 Å². The number of nitrogens with one attached hydrogen (secondary N) is 2. The van der Waals surface area contributed by atoms with E-state index in [1.54, 1.807) is 12.0 Å². The highest BCUT2D eigenvalue weighted by molar-refractivity contribution is 5.93. The van der Waals surface area contributed by atoms with E-state index in [-0.39, 0.29) is 48.3 Å². The van der Waals surface area contributed by atoms with Gasteiger partial charge in [-0.2, -0.15) is 4.98 Å². The largest absolute Gasteiger partial charge is 0.480 e. The highest BCUT2D eigenvalue weighted by Crippen LogP contribution is 2.28. The van der Waals surface area contributed by atoms with Crippen LogP contribution in [-0.2, 0) is 14.3 Å². The van der Waals surface area contributed by atoms with Crippen molar-refractivity contribution in [2.45, 2.75) is 18.9 Å². The number of H-pyrrole nitrogens is 1. The number of aromatic amines is 1. The third-order valence-corrected chi connectivity index (χ3v) is 4.72. The first-order valence-corrected chi connectivity index (χ1v) is 9.63. The zero-order chi connectivity index (χ0) is 23.0. The van der Waals surface area contributed by atoms with Gasteiger partial charge in [-0.25, -0.2) is 0 Å². The van der Waals surface area contributed by atoms with Crippen molar-refractivity contribution >= 4 is 30.1 Å². The van der Waals surface area contributed by atoms with Crippen LogP contribution in [-0.4, -0.2) is 85.1 Å². The molecule has 2 heterocycles. The van der Waals surface area contributed by atoms with Crippen LogP contribution in [0, 0.1) is 0 Å². The molecule has 0 saturated carbocycles. The van der Waals surface area contributed by atoms with Crippen molar-refractivity contribution in [1.82, 2.24) is 14.9 Å². The monoisotopic (exact) mass is 435 g/mol. The highest BCUT2D eigenvalue weighted by Gasteiger charge is 2.27. The molecule has 1 aliphatic rings. The van der Waals surface area contributed by atoms with E-state index < -0.39 is 5.97 Å². The van der Waals surface area contributed by atoms with Gasteiger partial charge < -0.3 is 41.2 Å². The fourth-order valence-electron chi connectivity index (χ4n) is 3.18. The maximum absolute atomic E-state index is 12.7. The zero-order valence-corrected chi connectivity index (χ0v) is 17.7. The molecule has 1 atom stereocenters. The van der Waals surface area contributed by atoms with Crippen molar-refractivity contribution in [3.05, 3.63) is 23.2 Å². The van der Waals surface area contributed by atoms with Crippen molar-refractivity contribution in [3.8, 4) is 5.88 Å². The molecule has 31 heavy (non-hydrogen) atoms. The summed E-state index contributed by atoms with van der Waals surface area (Å²) in [6, 6.07) is 0. The highest BCUT2D eigenvalue weighted by atomic mass is 16.5. The standard InChI is InChI=1S/C19H29N7O5/c1-22-15(16-24-17(18(25-16)31-3)23-9-14(27)28)11(4-6-20)8-13(21)19(29)26-7-5-12(10-26)30-2/h8,12,23H,1,4-7,9-10,20-21H2,2-3H3,(H,24,25)(H,27,28)/b13-8-,15-11-. The van der Waals surface area contributed by atoms with Crippen molar-refractivity contribution in [2.75, 3.05) is 45.7 Å². The Labute approximate surface area is 180 Å². The molecule has 1 fully saturated rings. The molecule has 1 aromatic heterocycles. The van der Waals surface area contributed by atoms with Gasteiger partial charge in [-0.15, -0.1) is 0 Å².